The van der Waals surface area contributed by atoms with Crippen LogP contribution in [0.2, 0.25) is 0 Å². The van der Waals surface area contributed by atoms with Gasteiger partial charge in [0.2, 0.25) is 5.91 Å². The summed E-state index contributed by atoms with van der Waals surface area (Å²) in [4.78, 5) is 14.8. The molecule has 1 amide bonds. The number of halogens is 1. The van der Waals surface area contributed by atoms with E-state index in [0.717, 1.165) is 19.5 Å². The maximum atomic E-state index is 11.7. The van der Waals surface area contributed by atoms with Crippen molar-refractivity contribution in [3.8, 4) is 0 Å². The van der Waals surface area contributed by atoms with E-state index in [-0.39, 0.29) is 24.4 Å². The van der Waals surface area contributed by atoms with Crippen LogP contribution in [0.1, 0.15) is 11.3 Å². The number of carbonyl (C=O) groups is 1. The van der Waals surface area contributed by atoms with Crippen LogP contribution in [0.3, 0.4) is 0 Å². The van der Waals surface area contributed by atoms with E-state index in [2.05, 4.69) is 11.4 Å². The zero-order chi connectivity index (χ0) is 9.97. The van der Waals surface area contributed by atoms with E-state index in [1.807, 2.05) is 18.5 Å². The fourth-order valence-electron chi connectivity index (χ4n) is 1.48. The van der Waals surface area contributed by atoms with Gasteiger partial charge in [-0.3, -0.25) is 4.79 Å². The first-order valence-corrected chi connectivity index (χ1v) is 5.66. The van der Waals surface area contributed by atoms with E-state index < -0.39 is 0 Å². The summed E-state index contributed by atoms with van der Waals surface area (Å²) in [6.07, 6.45) is 0.980. The zero-order valence-corrected chi connectivity index (χ0v) is 10.2. The molecule has 0 aliphatic carbocycles. The van der Waals surface area contributed by atoms with E-state index in [1.165, 1.54) is 4.88 Å². The van der Waals surface area contributed by atoms with Crippen LogP contribution < -0.4 is 5.32 Å². The summed E-state index contributed by atoms with van der Waals surface area (Å²) < 4.78 is 0. The Hall–Kier alpha value is -0.580. The molecular formula is C10H15ClN2OS. The van der Waals surface area contributed by atoms with Crippen LogP contribution in [-0.4, -0.2) is 30.4 Å². The van der Waals surface area contributed by atoms with Crippen molar-refractivity contribution in [1.82, 2.24) is 10.2 Å². The summed E-state index contributed by atoms with van der Waals surface area (Å²) >= 11 is 1.69. The number of likely N-dealkylation sites (N-methyl/N-ethyl adjacent to an activating group) is 1. The van der Waals surface area contributed by atoms with Gasteiger partial charge in [-0.1, -0.05) is 6.07 Å². The molecule has 1 aromatic rings. The molecule has 1 fully saturated rings. The lowest BCUT2D eigenvalue weighted by molar-refractivity contribution is -0.134. The van der Waals surface area contributed by atoms with E-state index in [4.69, 9.17) is 0 Å². The van der Waals surface area contributed by atoms with Crippen molar-refractivity contribution < 1.29 is 4.79 Å². The van der Waals surface area contributed by atoms with Gasteiger partial charge in [-0.15, -0.1) is 23.7 Å². The molecule has 84 valence electrons. The molecule has 0 bridgehead atoms. The van der Waals surface area contributed by atoms with Gasteiger partial charge in [0, 0.05) is 11.9 Å². The highest BCUT2D eigenvalue weighted by molar-refractivity contribution is 7.09. The molecule has 1 saturated heterocycles. The van der Waals surface area contributed by atoms with Crippen LogP contribution in [0.4, 0.5) is 0 Å². The van der Waals surface area contributed by atoms with Crippen molar-refractivity contribution >= 4 is 29.7 Å². The number of hydrogen-bond acceptors (Lipinski definition) is 3. The fraction of sp³-hybridized carbons (Fsp3) is 0.500. The van der Waals surface area contributed by atoms with Gasteiger partial charge in [0.15, 0.2) is 0 Å². The first kappa shape index (κ1) is 12.5. The Labute approximate surface area is 99.9 Å². The summed E-state index contributed by atoms with van der Waals surface area (Å²) in [6.45, 7) is 1.71. The van der Waals surface area contributed by atoms with Crippen molar-refractivity contribution in [3.05, 3.63) is 22.4 Å². The molecule has 1 aliphatic heterocycles. The molecule has 2 rings (SSSR count). The molecule has 1 atom stereocenters. The normalized spacial score (nSPS) is 18.9. The predicted molar refractivity (Wildman–Crippen MR) is 64.4 cm³/mol. The van der Waals surface area contributed by atoms with Crippen LogP contribution >= 0.6 is 23.7 Å². The lowest BCUT2D eigenvalue weighted by atomic mass is 10.1. The SMILES string of the molecule is CN(Cc1cccs1)C(=O)[C@H]1CCN1.Cl. The summed E-state index contributed by atoms with van der Waals surface area (Å²) in [5.74, 6) is 0.213. The average Bonchev–Trinajstić information content (AvgIpc) is 2.53. The fourth-order valence-corrected chi connectivity index (χ4v) is 2.24. The number of rotatable bonds is 3. The van der Waals surface area contributed by atoms with E-state index in [9.17, 15) is 4.79 Å². The Kier molecular flexibility index (Phi) is 4.57. The third-order valence-electron chi connectivity index (χ3n) is 2.47. The largest absolute Gasteiger partial charge is 0.339 e. The number of nitrogens with one attached hydrogen (secondary N) is 1. The van der Waals surface area contributed by atoms with Crippen molar-refractivity contribution in [2.45, 2.75) is 19.0 Å². The van der Waals surface area contributed by atoms with Gasteiger partial charge >= 0.3 is 0 Å². The Morgan fingerprint density at radius 3 is 2.93 bits per heavy atom. The predicted octanol–water partition coefficient (Wildman–Crippen LogP) is 1.49. The third kappa shape index (κ3) is 2.93. The molecule has 15 heavy (non-hydrogen) atoms. The highest BCUT2D eigenvalue weighted by atomic mass is 35.5. The van der Waals surface area contributed by atoms with Crippen LogP contribution in [0.25, 0.3) is 0 Å². The van der Waals surface area contributed by atoms with Crippen LogP contribution in [0, 0.1) is 0 Å². The van der Waals surface area contributed by atoms with Gasteiger partial charge in [-0.2, -0.15) is 0 Å². The van der Waals surface area contributed by atoms with Crippen molar-refractivity contribution in [2.75, 3.05) is 13.6 Å². The first-order chi connectivity index (χ1) is 6.77. The Bertz CT molecular complexity index is 311. The van der Waals surface area contributed by atoms with Crippen molar-refractivity contribution in [3.63, 3.8) is 0 Å². The van der Waals surface area contributed by atoms with Crippen molar-refractivity contribution in [2.24, 2.45) is 0 Å². The quantitative estimate of drug-likeness (QED) is 0.877. The minimum atomic E-state index is 0. The topological polar surface area (TPSA) is 32.3 Å². The molecule has 5 heteroatoms. The van der Waals surface area contributed by atoms with Crippen LogP contribution in [0.5, 0.6) is 0 Å². The van der Waals surface area contributed by atoms with E-state index >= 15 is 0 Å². The number of carbonyl (C=O) groups excluding carboxylic acids is 1. The molecule has 0 radical (unpaired) electrons. The summed E-state index contributed by atoms with van der Waals surface area (Å²) in [7, 11) is 1.86. The summed E-state index contributed by atoms with van der Waals surface area (Å²) in [5, 5.41) is 5.15. The monoisotopic (exact) mass is 246 g/mol. The highest BCUT2D eigenvalue weighted by Gasteiger charge is 2.27. The second-order valence-corrected chi connectivity index (χ2v) is 4.60. The molecule has 0 saturated carbocycles. The van der Waals surface area contributed by atoms with Gasteiger partial charge in [-0.05, 0) is 24.4 Å². The number of hydrogen-bond donors (Lipinski definition) is 1. The maximum absolute atomic E-state index is 11.7. The number of amides is 1. The van der Waals surface area contributed by atoms with Gasteiger partial charge < -0.3 is 10.2 Å². The molecule has 1 N–H and O–H groups in total. The minimum absolute atomic E-state index is 0. The lowest BCUT2D eigenvalue weighted by Crippen LogP contribution is -2.53. The van der Waals surface area contributed by atoms with Crippen LogP contribution in [-0.2, 0) is 11.3 Å². The van der Waals surface area contributed by atoms with Gasteiger partial charge in [0.25, 0.3) is 0 Å². The molecule has 1 aromatic heterocycles. The molecule has 3 nitrogen and oxygen atoms in total. The lowest BCUT2D eigenvalue weighted by Gasteiger charge is -2.30. The first-order valence-electron chi connectivity index (χ1n) is 4.78. The zero-order valence-electron chi connectivity index (χ0n) is 8.60. The number of nitrogens with zero attached hydrogens (tertiary/aromatic N) is 1. The smallest absolute Gasteiger partial charge is 0.239 e. The Morgan fingerprint density at radius 1 is 1.73 bits per heavy atom. The third-order valence-corrected chi connectivity index (χ3v) is 3.33. The van der Waals surface area contributed by atoms with Gasteiger partial charge in [0.1, 0.15) is 0 Å². The molecular weight excluding hydrogens is 232 g/mol. The van der Waals surface area contributed by atoms with E-state index in [1.54, 1.807) is 16.2 Å². The number of thiophene rings is 1. The second kappa shape index (κ2) is 5.49. The van der Waals surface area contributed by atoms with Gasteiger partial charge in [-0.25, -0.2) is 0 Å². The Morgan fingerprint density at radius 2 is 2.47 bits per heavy atom. The molecule has 2 heterocycles. The molecule has 0 spiro atoms. The Balaban J connectivity index is 0.00000112. The van der Waals surface area contributed by atoms with E-state index in [0.29, 0.717) is 0 Å². The highest BCUT2D eigenvalue weighted by Crippen LogP contribution is 2.13. The minimum Gasteiger partial charge on any atom is -0.339 e. The maximum Gasteiger partial charge on any atom is 0.239 e. The van der Waals surface area contributed by atoms with Crippen molar-refractivity contribution in [1.29, 1.82) is 0 Å². The summed E-state index contributed by atoms with van der Waals surface area (Å²) in [6, 6.07) is 4.14. The average molecular weight is 247 g/mol. The second-order valence-electron chi connectivity index (χ2n) is 3.57. The standard InChI is InChI=1S/C10H14N2OS.ClH/c1-12(7-8-3-2-6-14-8)10(13)9-4-5-11-9;/h2-3,6,9,11H,4-5,7H2,1H3;1H/t9-;/m1./s1. The molecule has 0 unspecified atom stereocenters. The van der Waals surface area contributed by atoms with Gasteiger partial charge in [0.05, 0.1) is 12.6 Å². The summed E-state index contributed by atoms with van der Waals surface area (Å²) in [5.41, 5.74) is 0. The molecule has 1 aliphatic rings. The molecule has 0 aromatic carbocycles. The van der Waals surface area contributed by atoms with Crippen LogP contribution in [0.15, 0.2) is 17.5 Å².